The van der Waals surface area contributed by atoms with Crippen LogP contribution in [0.3, 0.4) is 0 Å². The lowest BCUT2D eigenvalue weighted by Crippen LogP contribution is -1.90. The summed E-state index contributed by atoms with van der Waals surface area (Å²) in [6.45, 7) is 2.19. The summed E-state index contributed by atoms with van der Waals surface area (Å²) in [6, 6.07) is 6.92. The predicted molar refractivity (Wildman–Crippen MR) is 59.2 cm³/mol. The normalized spacial score (nSPS) is 15.5. The molecule has 0 unspecified atom stereocenters. The highest BCUT2D eigenvalue weighted by Crippen LogP contribution is 2.21. The van der Waals surface area contributed by atoms with Gasteiger partial charge in [-0.2, -0.15) is 0 Å². The molecule has 0 bridgehead atoms. The zero-order chi connectivity index (χ0) is 8.39. The Bertz CT molecular complexity index is 273. The summed E-state index contributed by atoms with van der Waals surface area (Å²) in [5.41, 5.74) is 4.61. The summed E-state index contributed by atoms with van der Waals surface area (Å²) >= 11 is 0. The summed E-state index contributed by atoms with van der Waals surface area (Å²) in [5.74, 6) is 0. The van der Waals surface area contributed by atoms with Crippen molar-refractivity contribution in [3.63, 3.8) is 0 Å². The van der Waals surface area contributed by atoms with Gasteiger partial charge in [-0.3, -0.25) is 0 Å². The fourth-order valence-corrected chi connectivity index (χ4v) is 2.04. The van der Waals surface area contributed by atoms with Crippen molar-refractivity contribution in [2.45, 2.75) is 46.5 Å². The topological polar surface area (TPSA) is 0 Å². The van der Waals surface area contributed by atoms with Crippen molar-refractivity contribution >= 4 is 0 Å². The Kier molecular flexibility index (Phi) is 3.53. The number of hydrogen-bond donors (Lipinski definition) is 0. The van der Waals surface area contributed by atoms with Gasteiger partial charge in [-0.15, -0.1) is 0 Å². The standard InChI is InChI=1S/C12H16.CH4/c1-10-7-8-11-5-3-2-4-6-12(11)9-10;/h7-9H,2-6H2,1H3;1H4. The molecule has 0 spiro atoms. The summed E-state index contributed by atoms with van der Waals surface area (Å²) in [6.07, 6.45) is 6.78. The van der Waals surface area contributed by atoms with E-state index in [9.17, 15) is 0 Å². The second-order valence-electron chi connectivity index (χ2n) is 3.83. The van der Waals surface area contributed by atoms with Gasteiger partial charge in [-0.25, -0.2) is 0 Å². The maximum atomic E-state index is 2.36. The molecule has 0 aliphatic heterocycles. The molecule has 1 aliphatic carbocycles. The van der Waals surface area contributed by atoms with Crippen molar-refractivity contribution in [1.82, 2.24) is 0 Å². The van der Waals surface area contributed by atoms with Crippen LogP contribution in [0, 0.1) is 6.92 Å². The van der Waals surface area contributed by atoms with E-state index < -0.39 is 0 Å². The molecule has 0 saturated heterocycles. The lowest BCUT2D eigenvalue weighted by atomic mass is 10.0. The summed E-state index contributed by atoms with van der Waals surface area (Å²) in [7, 11) is 0. The van der Waals surface area contributed by atoms with Gasteiger partial charge >= 0.3 is 0 Å². The van der Waals surface area contributed by atoms with Gasteiger partial charge in [0.25, 0.3) is 0 Å². The van der Waals surface area contributed by atoms with E-state index in [1.807, 2.05) is 0 Å². The Hall–Kier alpha value is -0.780. The van der Waals surface area contributed by atoms with Gasteiger partial charge in [0, 0.05) is 0 Å². The van der Waals surface area contributed by atoms with E-state index in [0.717, 1.165) is 0 Å². The van der Waals surface area contributed by atoms with Crippen LogP contribution >= 0.6 is 0 Å². The van der Waals surface area contributed by atoms with E-state index in [4.69, 9.17) is 0 Å². The number of benzene rings is 1. The fourth-order valence-electron chi connectivity index (χ4n) is 2.04. The first-order valence-corrected chi connectivity index (χ1v) is 4.95. The minimum Gasteiger partial charge on any atom is -0.0776 e. The Morgan fingerprint density at radius 3 is 2.38 bits per heavy atom. The maximum Gasteiger partial charge on any atom is -0.0276 e. The van der Waals surface area contributed by atoms with Crippen LogP contribution in [-0.2, 0) is 12.8 Å². The molecule has 0 nitrogen and oxygen atoms in total. The van der Waals surface area contributed by atoms with E-state index in [-0.39, 0.29) is 7.43 Å². The summed E-state index contributed by atoms with van der Waals surface area (Å²) in [5, 5.41) is 0. The molecule has 0 radical (unpaired) electrons. The molecule has 1 aromatic carbocycles. The molecule has 0 atom stereocenters. The number of hydrogen-bond acceptors (Lipinski definition) is 0. The quantitative estimate of drug-likeness (QED) is 0.526. The first-order valence-electron chi connectivity index (χ1n) is 4.95. The minimum absolute atomic E-state index is 0. The first kappa shape index (κ1) is 10.3. The highest BCUT2D eigenvalue weighted by molar-refractivity contribution is 5.32. The summed E-state index contributed by atoms with van der Waals surface area (Å²) < 4.78 is 0. The minimum atomic E-state index is 0. The molecule has 13 heavy (non-hydrogen) atoms. The number of fused-ring (bicyclic) bond motifs is 1. The Labute approximate surface area is 82.0 Å². The molecule has 0 fully saturated rings. The third kappa shape index (κ3) is 2.33. The second kappa shape index (κ2) is 4.45. The average Bonchev–Trinajstić information content (AvgIpc) is 2.28. The SMILES string of the molecule is C.Cc1ccc2c(c1)CCCCC2. The van der Waals surface area contributed by atoms with Crippen LogP contribution in [0.2, 0.25) is 0 Å². The number of aryl methyl sites for hydroxylation is 3. The van der Waals surface area contributed by atoms with Crippen LogP contribution in [0.15, 0.2) is 18.2 Å². The molecular formula is C13H20. The molecule has 2 rings (SSSR count). The van der Waals surface area contributed by atoms with Crippen LogP contribution in [0.25, 0.3) is 0 Å². The highest BCUT2D eigenvalue weighted by atomic mass is 14.1. The smallest absolute Gasteiger partial charge is 0.0276 e. The van der Waals surface area contributed by atoms with E-state index in [0.29, 0.717) is 0 Å². The van der Waals surface area contributed by atoms with Gasteiger partial charge in [-0.05, 0) is 43.7 Å². The van der Waals surface area contributed by atoms with Crippen molar-refractivity contribution in [1.29, 1.82) is 0 Å². The molecule has 0 amide bonds. The van der Waals surface area contributed by atoms with Crippen molar-refractivity contribution in [2.75, 3.05) is 0 Å². The Balaban J connectivity index is 0.000000845. The van der Waals surface area contributed by atoms with Crippen LogP contribution < -0.4 is 0 Å². The maximum absolute atomic E-state index is 2.36. The lowest BCUT2D eigenvalue weighted by molar-refractivity contribution is 0.711. The van der Waals surface area contributed by atoms with Gasteiger partial charge in [0.2, 0.25) is 0 Å². The van der Waals surface area contributed by atoms with Crippen LogP contribution in [0.1, 0.15) is 43.4 Å². The van der Waals surface area contributed by atoms with Crippen LogP contribution in [-0.4, -0.2) is 0 Å². The van der Waals surface area contributed by atoms with Crippen molar-refractivity contribution in [3.05, 3.63) is 34.9 Å². The molecule has 0 saturated carbocycles. The third-order valence-corrected chi connectivity index (χ3v) is 2.75. The molecule has 0 N–H and O–H groups in total. The molecule has 0 aromatic heterocycles. The second-order valence-corrected chi connectivity index (χ2v) is 3.83. The fraction of sp³-hybridized carbons (Fsp3) is 0.538. The van der Waals surface area contributed by atoms with Crippen molar-refractivity contribution in [2.24, 2.45) is 0 Å². The molecule has 1 aliphatic rings. The molecule has 0 heterocycles. The monoisotopic (exact) mass is 176 g/mol. The largest absolute Gasteiger partial charge is 0.0776 e. The third-order valence-electron chi connectivity index (χ3n) is 2.75. The average molecular weight is 176 g/mol. The predicted octanol–water partition coefficient (Wildman–Crippen LogP) is 3.90. The van der Waals surface area contributed by atoms with Gasteiger partial charge in [-0.1, -0.05) is 37.6 Å². The summed E-state index contributed by atoms with van der Waals surface area (Å²) in [4.78, 5) is 0. The Morgan fingerprint density at radius 1 is 0.923 bits per heavy atom. The van der Waals surface area contributed by atoms with E-state index in [1.165, 1.54) is 37.7 Å². The molecule has 0 heteroatoms. The zero-order valence-corrected chi connectivity index (χ0v) is 7.77. The molecule has 1 aromatic rings. The molecular weight excluding hydrogens is 156 g/mol. The van der Waals surface area contributed by atoms with Gasteiger partial charge in [0.1, 0.15) is 0 Å². The van der Waals surface area contributed by atoms with Crippen molar-refractivity contribution in [3.8, 4) is 0 Å². The van der Waals surface area contributed by atoms with Gasteiger partial charge in [0.15, 0.2) is 0 Å². The number of rotatable bonds is 0. The van der Waals surface area contributed by atoms with Crippen LogP contribution in [0.5, 0.6) is 0 Å². The van der Waals surface area contributed by atoms with Gasteiger partial charge in [0.05, 0.1) is 0 Å². The zero-order valence-electron chi connectivity index (χ0n) is 7.77. The van der Waals surface area contributed by atoms with Crippen LogP contribution in [0.4, 0.5) is 0 Å². The molecule has 72 valence electrons. The lowest BCUT2D eigenvalue weighted by Gasteiger charge is -2.05. The van der Waals surface area contributed by atoms with E-state index >= 15 is 0 Å². The van der Waals surface area contributed by atoms with Crippen molar-refractivity contribution < 1.29 is 0 Å². The highest BCUT2D eigenvalue weighted by Gasteiger charge is 2.06. The van der Waals surface area contributed by atoms with E-state index in [2.05, 4.69) is 25.1 Å². The Morgan fingerprint density at radius 2 is 1.62 bits per heavy atom. The van der Waals surface area contributed by atoms with Gasteiger partial charge < -0.3 is 0 Å². The first-order chi connectivity index (χ1) is 5.86. The van der Waals surface area contributed by atoms with E-state index in [1.54, 1.807) is 11.1 Å².